The molecule has 76 valence electrons. The predicted molar refractivity (Wildman–Crippen MR) is 57.0 cm³/mol. The molecule has 0 atom stereocenters. The van der Waals surface area contributed by atoms with Gasteiger partial charge in [-0.15, -0.1) is 0 Å². The maximum absolute atomic E-state index is 13.5. The number of halogens is 1. The number of rotatable bonds is 3. The van der Waals surface area contributed by atoms with Gasteiger partial charge in [-0.25, -0.2) is 4.39 Å². The standard InChI is InChI=1S/C13H17F/c1-2-4-10-7-8-13(14)12(9-10)11-5-3-6-11/h7-9,11H,2-6H2,1H3. The zero-order valence-corrected chi connectivity index (χ0v) is 8.72. The summed E-state index contributed by atoms with van der Waals surface area (Å²) in [6, 6.07) is 5.63. The van der Waals surface area contributed by atoms with Crippen molar-refractivity contribution < 1.29 is 4.39 Å². The number of aryl methyl sites for hydroxylation is 1. The monoisotopic (exact) mass is 192 g/mol. The SMILES string of the molecule is CCCc1ccc(F)c(C2CCC2)c1. The van der Waals surface area contributed by atoms with Gasteiger partial charge in [0.25, 0.3) is 0 Å². The van der Waals surface area contributed by atoms with Crippen molar-refractivity contribution in [1.29, 1.82) is 0 Å². The zero-order chi connectivity index (χ0) is 9.97. The Labute approximate surface area is 85.1 Å². The average Bonchev–Trinajstić information content (AvgIpc) is 2.08. The van der Waals surface area contributed by atoms with Crippen molar-refractivity contribution in [1.82, 2.24) is 0 Å². The van der Waals surface area contributed by atoms with Crippen LogP contribution in [0.1, 0.15) is 49.7 Å². The molecule has 0 nitrogen and oxygen atoms in total. The van der Waals surface area contributed by atoms with Crippen LogP contribution in [0.5, 0.6) is 0 Å². The molecule has 1 saturated carbocycles. The van der Waals surface area contributed by atoms with Gasteiger partial charge < -0.3 is 0 Å². The predicted octanol–water partition coefficient (Wildman–Crippen LogP) is 4.05. The summed E-state index contributed by atoms with van der Waals surface area (Å²) >= 11 is 0. The molecule has 0 aromatic heterocycles. The first-order valence-corrected chi connectivity index (χ1v) is 5.59. The van der Waals surface area contributed by atoms with E-state index in [0.717, 1.165) is 18.4 Å². The van der Waals surface area contributed by atoms with Gasteiger partial charge in [-0.3, -0.25) is 0 Å². The minimum Gasteiger partial charge on any atom is -0.207 e. The third kappa shape index (κ3) is 1.82. The van der Waals surface area contributed by atoms with Crippen LogP contribution in [0.2, 0.25) is 0 Å². The van der Waals surface area contributed by atoms with Gasteiger partial charge in [0.1, 0.15) is 5.82 Å². The van der Waals surface area contributed by atoms with Gasteiger partial charge in [-0.1, -0.05) is 31.9 Å². The molecule has 0 N–H and O–H groups in total. The Morgan fingerprint density at radius 3 is 2.71 bits per heavy atom. The highest BCUT2D eigenvalue weighted by Gasteiger charge is 2.22. The van der Waals surface area contributed by atoms with Crippen molar-refractivity contribution in [2.75, 3.05) is 0 Å². The molecule has 0 aliphatic heterocycles. The Bertz CT molecular complexity index is 313. The summed E-state index contributed by atoms with van der Waals surface area (Å²) in [5, 5.41) is 0. The molecule has 0 saturated heterocycles. The van der Waals surface area contributed by atoms with Gasteiger partial charge in [-0.05, 0) is 42.4 Å². The normalized spacial score (nSPS) is 16.7. The fourth-order valence-corrected chi connectivity index (χ4v) is 2.07. The third-order valence-electron chi connectivity index (χ3n) is 3.14. The van der Waals surface area contributed by atoms with Gasteiger partial charge in [0, 0.05) is 0 Å². The summed E-state index contributed by atoms with van der Waals surface area (Å²) in [7, 11) is 0. The second-order valence-corrected chi connectivity index (χ2v) is 4.23. The smallest absolute Gasteiger partial charge is 0.126 e. The third-order valence-corrected chi connectivity index (χ3v) is 3.14. The zero-order valence-electron chi connectivity index (χ0n) is 8.72. The highest BCUT2D eigenvalue weighted by atomic mass is 19.1. The summed E-state index contributed by atoms with van der Waals surface area (Å²) in [6.45, 7) is 2.16. The van der Waals surface area contributed by atoms with Crippen LogP contribution in [0.3, 0.4) is 0 Å². The van der Waals surface area contributed by atoms with Crippen LogP contribution < -0.4 is 0 Å². The van der Waals surface area contributed by atoms with E-state index >= 15 is 0 Å². The fraction of sp³-hybridized carbons (Fsp3) is 0.538. The first-order chi connectivity index (χ1) is 6.81. The molecule has 1 aliphatic rings. The van der Waals surface area contributed by atoms with Crippen LogP contribution in [0, 0.1) is 5.82 Å². The van der Waals surface area contributed by atoms with E-state index < -0.39 is 0 Å². The molecule has 0 heterocycles. The van der Waals surface area contributed by atoms with Gasteiger partial charge in [0.2, 0.25) is 0 Å². The van der Waals surface area contributed by atoms with Gasteiger partial charge >= 0.3 is 0 Å². The van der Waals surface area contributed by atoms with Gasteiger partial charge in [0.05, 0.1) is 0 Å². The number of hydrogen-bond donors (Lipinski definition) is 0. The molecule has 1 aliphatic carbocycles. The summed E-state index contributed by atoms with van der Waals surface area (Å²) in [5.74, 6) is 0.501. The largest absolute Gasteiger partial charge is 0.207 e. The van der Waals surface area contributed by atoms with Crippen LogP contribution >= 0.6 is 0 Å². The van der Waals surface area contributed by atoms with E-state index in [4.69, 9.17) is 0 Å². The van der Waals surface area contributed by atoms with Crippen LogP contribution in [0.4, 0.5) is 4.39 Å². The van der Waals surface area contributed by atoms with E-state index in [1.807, 2.05) is 6.07 Å². The van der Waals surface area contributed by atoms with Crippen LogP contribution in [-0.2, 0) is 6.42 Å². The van der Waals surface area contributed by atoms with Crippen LogP contribution in [0.25, 0.3) is 0 Å². The second kappa shape index (κ2) is 4.12. The summed E-state index contributed by atoms with van der Waals surface area (Å²) in [4.78, 5) is 0. The molecule has 1 heteroatoms. The maximum Gasteiger partial charge on any atom is 0.126 e. The molecule has 0 radical (unpaired) electrons. The van der Waals surface area contributed by atoms with Gasteiger partial charge in [-0.2, -0.15) is 0 Å². The quantitative estimate of drug-likeness (QED) is 0.677. The Morgan fingerprint density at radius 2 is 2.14 bits per heavy atom. The number of hydrogen-bond acceptors (Lipinski definition) is 0. The van der Waals surface area contributed by atoms with Crippen molar-refractivity contribution >= 4 is 0 Å². The van der Waals surface area contributed by atoms with Crippen LogP contribution in [0.15, 0.2) is 18.2 Å². The molecule has 1 aromatic rings. The van der Waals surface area contributed by atoms with Gasteiger partial charge in [0.15, 0.2) is 0 Å². The van der Waals surface area contributed by atoms with Crippen molar-refractivity contribution in [3.63, 3.8) is 0 Å². The van der Waals surface area contributed by atoms with Crippen molar-refractivity contribution in [2.45, 2.75) is 44.9 Å². The van der Waals surface area contributed by atoms with E-state index in [0.29, 0.717) is 5.92 Å². The van der Waals surface area contributed by atoms with E-state index in [2.05, 4.69) is 13.0 Å². The number of benzene rings is 1. The van der Waals surface area contributed by atoms with E-state index in [1.54, 1.807) is 6.07 Å². The van der Waals surface area contributed by atoms with E-state index in [1.165, 1.54) is 24.8 Å². The van der Waals surface area contributed by atoms with Crippen molar-refractivity contribution in [3.05, 3.63) is 35.1 Å². The average molecular weight is 192 g/mol. The lowest BCUT2D eigenvalue weighted by Gasteiger charge is -2.26. The van der Waals surface area contributed by atoms with E-state index in [-0.39, 0.29) is 5.82 Å². The van der Waals surface area contributed by atoms with Crippen LogP contribution in [-0.4, -0.2) is 0 Å². The highest BCUT2D eigenvalue weighted by Crippen LogP contribution is 2.37. The minimum absolute atomic E-state index is 0.00504. The molecule has 0 bridgehead atoms. The fourth-order valence-electron chi connectivity index (χ4n) is 2.07. The van der Waals surface area contributed by atoms with E-state index in [9.17, 15) is 4.39 Å². The lowest BCUT2D eigenvalue weighted by atomic mass is 9.79. The highest BCUT2D eigenvalue weighted by molar-refractivity contribution is 5.29. The topological polar surface area (TPSA) is 0 Å². The molecular weight excluding hydrogens is 175 g/mol. The second-order valence-electron chi connectivity index (χ2n) is 4.23. The summed E-state index contributed by atoms with van der Waals surface area (Å²) in [5.41, 5.74) is 2.25. The maximum atomic E-state index is 13.5. The molecule has 0 amide bonds. The Morgan fingerprint density at radius 1 is 1.36 bits per heavy atom. The molecule has 1 aromatic carbocycles. The summed E-state index contributed by atoms with van der Waals surface area (Å²) in [6.07, 6.45) is 5.82. The Hall–Kier alpha value is -0.850. The summed E-state index contributed by atoms with van der Waals surface area (Å²) < 4.78 is 13.5. The lowest BCUT2D eigenvalue weighted by Crippen LogP contribution is -2.11. The molecule has 14 heavy (non-hydrogen) atoms. The molecule has 1 fully saturated rings. The Kier molecular flexibility index (Phi) is 2.85. The first kappa shape index (κ1) is 9.70. The molecule has 2 rings (SSSR count). The molecular formula is C13H17F. The van der Waals surface area contributed by atoms with Crippen molar-refractivity contribution in [2.24, 2.45) is 0 Å². The first-order valence-electron chi connectivity index (χ1n) is 5.59. The Balaban J connectivity index is 2.22. The lowest BCUT2D eigenvalue weighted by molar-refractivity contribution is 0.404. The van der Waals surface area contributed by atoms with Crippen molar-refractivity contribution in [3.8, 4) is 0 Å². The molecule has 0 unspecified atom stereocenters. The minimum atomic E-state index is -0.00504. The molecule has 0 spiro atoms.